The summed E-state index contributed by atoms with van der Waals surface area (Å²) in [6.45, 7) is 9.43. The second kappa shape index (κ2) is 12.3. The summed E-state index contributed by atoms with van der Waals surface area (Å²) in [5, 5.41) is 8.25. The summed E-state index contributed by atoms with van der Waals surface area (Å²) in [7, 11) is 4.06. The van der Waals surface area contributed by atoms with E-state index >= 15 is 0 Å². The summed E-state index contributed by atoms with van der Waals surface area (Å²) in [5.41, 5.74) is 2.22. The highest BCUT2D eigenvalue weighted by molar-refractivity contribution is 14.0. The van der Waals surface area contributed by atoms with Gasteiger partial charge in [0.25, 0.3) is 0 Å². The number of hydrogen-bond donors (Lipinski definition) is 2. The summed E-state index contributed by atoms with van der Waals surface area (Å²) in [6, 6.07) is 11.0. The van der Waals surface area contributed by atoms with Crippen molar-refractivity contribution < 1.29 is 0 Å². The molecule has 1 aliphatic rings. The third-order valence-electron chi connectivity index (χ3n) is 5.47. The molecule has 30 heavy (non-hydrogen) atoms. The molecule has 1 aromatic heterocycles. The second-order valence-electron chi connectivity index (χ2n) is 8.01. The molecule has 2 heterocycles. The van der Waals surface area contributed by atoms with E-state index in [0.717, 1.165) is 23.8 Å². The van der Waals surface area contributed by atoms with Gasteiger partial charge in [-0.3, -0.25) is 0 Å². The molecule has 2 N–H and O–H groups in total. The largest absolute Gasteiger partial charge is 0.363 e. The monoisotopic (exact) mass is 524 g/mol. The lowest BCUT2D eigenvalue weighted by atomic mass is 10.1. The van der Waals surface area contributed by atoms with Gasteiger partial charge in [0.2, 0.25) is 0 Å². The molecule has 0 aliphatic carbocycles. The number of benzene rings is 1. The SMILES string of the molecule is CCCN1CCC(NC(=NCc2cc(N(C)C)nc3ccccc23)NCC)CC1.I. The maximum Gasteiger partial charge on any atom is 0.191 e. The lowest BCUT2D eigenvalue weighted by Crippen LogP contribution is -2.48. The molecule has 0 spiro atoms. The number of guanidine groups is 1. The van der Waals surface area contributed by atoms with Crippen LogP contribution in [0.2, 0.25) is 0 Å². The number of aliphatic imine (C=N–C) groups is 1. The molecule has 7 heteroatoms. The Labute approximate surface area is 198 Å². The van der Waals surface area contributed by atoms with Gasteiger partial charge >= 0.3 is 0 Å². The summed E-state index contributed by atoms with van der Waals surface area (Å²) in [5.74, 6) is 1.88. The van der Waals surface area contributed by atoms with Crippen LogP contribution in [-0.2, 0) is 6.54 Å². The number of hydrogen-bond acceptors (Lipinski definition) is 4. The standard InChI is InChI=1S/C23H36N6.HI/c1-5-13-29-14-11-19(12-15-29)26-23(24-6-2)25-17-18-16-22(28(3)4)27-21-10-8-7-9-20(18)21;/h7-10,16,19H,5-6,11-15,17H2,1-4H3,(H2,24,25,26);1H. The third-order valence-corrected chi connectivity index (χ3v) is 5.47. The predicted molar refractivity (Wildman–Crippen MR) is 139 cm³/mol. The Morgan fingerprint density at radius 1 is 1.20 bits per heavy atom. The van der Waals surface area contributed by atoms with Gasteiger partial charge in [0.05, 0.1) is 12.1 Å². The average molecular weight is 524 g/mol. The number of rotatable bonds is 7. The fourth-order valence-electron chi connectivity index (χ4n) is 3.89. The van der Waals surface area contributed by atoms with Crippen molar-refractivity contribution in [2.45, 2.75) is 45.7 Å². The van der Waals surface area contributed by atoms with Gasteiger partial charge in [-0.2, -0.15) is 0 Å². The molecule has 6 nitrogen and oxygen atoms in total. The molecule has 1 saturated heterocycles. The van der Waals surface area contributed by atoms with Crippen LogP contribution >= 0.6 is 24.0 Å². The van der Waals surface area contributed by atoms with Crippen LogP contribution in [0.1, 0.15) is 38.7 Å². The van der Waals surface area contributed by atoms with Gasteiger partial charge in [0.1, 0.15) is 5.82 Å². The van der Waals surface area contributed by atoms with Crippen molar-refractivity contribution in [2.75, 3.05) is 45.2 Å². The lowest BCUT2D eigenvalue weighted by Gasteiger charge is -2.32. The average Bonchev–Trinajstić information content (AvgIpc) is 2.73. The highest BCUT2D eigenvalue weighted by Crippen LogP contribution is 2.22. The van der Waals surface area contributed by atoms with E-state index in [-0.39, 0.29) is 24.0 Å². The van der Waals surface area contributed by atoms with Crippen molar-refractivity contribution in [2.24, 2.45) is 4.99 Å². The van der Waals surface area contributed by atoms with Crippen LogP contribution in [0.5, 0.6) is 0 Å². The van der Waals surface area contributed by atoms with E-state index in [9.17, 15) is 0 Å². The van der Waals surface area contributed by atoms with E-state index in [1.807, 2.05) is 25.1 Å². The molecular formula is C23H37IN6. The van der Waals surface area contributed by atoms with Gasteiger partial charge in [-0.1, -0.05) is 25.1 Å². The molecule has 2 aromatic rings. The zero-order chi connectivity index (χ0) is 20.6. The van der Waals surface area contributed by atoms with E-state index < -0.39 is 0 Å². The second-order valence-corrected chi connectivity index (χ2v) is 8.01. The first kappa shape index (κ1) is 24.7. The van der Waals surface area contributed by atoms with Crippen molar-refractivity contribution in [3.63, 3.8) is 0 Å². The molecule has 1 fully saturated rings. The molecule has 3 rings (SSSR count). The fraction of sp³-hybridized carbons (Fsp3) is 0.565. The molecule has 0 atom stereocenters. The van der Waals surface area contributed by atoms with Crippen LogP contribution in [-0.4, -0.2) is 62.2 Å². The minimum atomic E-state index is 0. The number of nitrogens with zero attached hydrogens (tertiary/aromatic N) is 4. The van der Waals surface area contributed by atoms with Gasteiger partial charge in [0.15, 0.2) is 5.96 Å². The van der Waals surface area contributed by atoms with Crippen LogP contribution in [0.15, 0.2) is 35.3 Å². The maximum absolute atomic E-state index is 4.92. The van der Waals surface area contributed by atoms with Gasteiger partial charge in [-0.05, 0) is 50.4 Å². The number of halogens is 1. The zero-order valence-electron chi connectivity index (χ0n) is 18.8. The van der Waals surface area contributed by atoms with E-state index in [1.54, 1.807) is 0 Å². The highest BCUT2D eigenvalue weighted by Gasteiger charge is 2.19. The number of pyridine rings is 1. The molecule has 0 radical (unpaired) electrons. The highest BCUT2D eigenvalue weighted by atomic mass is 127. The smallest absolute Gasteiger partial charge is 0.191 e. The number of aromatic nitrogens is 1. The summed E-state index contributed by atoms with van der Waals surface area (Å²) >= 11 is 0. The summed E-state index contributed by atoms with van der Waals surface area (Å²) in [4.78, 5) is 14.3. The molecule has 166 valence electrons. The fourth-order valence-corrected chi connectivity index (χ4v) is 3.89. The van der Waals surface area contributed by atoms with Gasteiger partial charge in [-0.15, -0.1) is 24.0 Å². The molecule has 0 amide bonds. The van der Waals surface area contributed by atoms with E-state index in [1.165, 1.54) is 49.8 Å². The summed E-state index contributed by atoms with van der Waals surface area (Å²) < 4.78 is 0. The minimum absolute atomic E-state index is 0. The van der Waals surface area contributed by atoms with Crippen LogP contribution in [0.3, 0.4) is 0 Å². The molecular weight excluding hydrogens is 487 g/mol. The van der Waals surface area contributed by atoms with E-state index in [4.69, 9.17) is 9.98 Å². The first-order valence-corrected chi connectivity index (χ1v) is 10.9. The zero-order valence-corrected chi connectivity index (χ0v) is 21.1. The predicted octanol–water partition coefficient (Wildman–Crippen LogP) is 3.85. The van der Waals surface area contributed by atoms with E-state index in [2.05, 4.69) is 53.6 Å². The number of anilines is 1. The normalized spacial score (nSPS) is 15.7. The number of nitrogens with one attached hydrogen (secondary N) is 2. The van der Waals surface area contributed by atoms with Gasteiger partial charge in [0, 0.05) is 45.2 Å². The van der Waals surface area contributed by atoms with Crippen molar-refractivity contribution in [1.29, 1.82) is 0 Å². The van der Waals surface area contributed by atoms with Crippen LogP contribution < -0.4 is 15.5 Å². The molecule has 0 bridgehead atoms. The number of fused-ring (bicyclic) bond motifs is 1. The Kier molecular flexibility index (Phi) is 10.1. The van der Waals surface area contributed by atoms with E-state index in [0.29, 0.717) is 12.6 Å². The van der Waals surface area contributed by atoms with Crippen molar-refractivity contribution in [1.82, 2.24) is 20.5 Å². The molecule has 1 aromatic carbocycles. The first-order chi connectivity index (χ1) is 14.1. The molecule has 0 saturated carbocycles. The first-order valence-electron chi connectivity index (χ1n) is 10.9. The topological polar surface area (TPSA) is 55.8 Å². The van der Waals surface area contributed by atoms with Crippen LogP contribution in [0, 0.1) is 0 Å². The number of likely N-dealkylation sites (tertiary alicyclic amines) is 1. The Morgan fingerprint density at radius 3 is 2.60 bits per heavy atom. The summed E-state index contributed by atoms with van der Waals surface area (Å²) in [6.07, 6.45) is 3.58. The number of para-hydroxylation sites is 1. The van der Waals surface area contributed by atoms with Crippen molar-refractivity contribution in [3.05, 3.63) is 35.9 Å². The Bertz CT molecular complexity index is 814. The Hall–Kier alpha value is -1.61. The maximum atomic E-state index is 4.92. The molecule has 0 unspecified atom stereocenters. The van der Waals surface area contributed by atoms with Crippen molar-refractivity contribution in [3.8, 4) is 0 Å². The number of piperidine rings is 1. The lowest BCUT2D eigenvalue weighted by molar-refractivity contribution is 0.206. The Morgan fingerprint density at radius 2 is 1.93 bits per heavy atom. The Balaban J connectivity index is 0.00000320. The van der Waals surface area contributed by atoms with Crippen molar-refractivity contribution >= 4 is 46.7 Å². The molecule has 1 aliphatic heterocycles. The quantitative estimate of drug-likeness (QED) is 0.328. The van der Waals surface area contributed by atoms with Crippen LogP contribution in [0.4, 0.5) is 5.82 Å². The van der Waals surface area contributed by atoms with Crippen LogP contribution in [0.25, 0.3) is 10.9 Å². The van der Waals surface area contributed by atoms with Gasteiger partial charge in [-0.25, -0.2) is 9.98 Å². The van der Waals surface area contributed by atoms with Gasteiger partial charge < -0.3 is 20.4 Å². The minimum Gasteiger partial charge on any atom is -0.363 e. The third kappa shape index (κ3) is 6.70.